The number of H-pyrrole nitrogens is 1. The summed E-state index contributed by atoms with van der Waals surface area (Å²) in [6.45, 7) is 0. The molecule has 3 rings (SSSR count). The van der Waals surface area contributed by atoms with Gasteiger partial charge in [0.25, 0.3) is 0 Å². The minimum absolute atomic E-state index is 0.0643. The van der Waals surface area contributed by atoms with Crippen LogP contribution in [0.5, 0.6) is 0 Å². The molecule has 0 atom stereocenters. The number of halogens is 4. The lowest BCUT2D eigenvalue weighted by Gasteiger charge is -1.99. The molecule has 1 aromatic carbocycles. The topological polar surface area (TPSA) is 28.7 Å². The molecular formula is C11H4BrCl2FN2. The number of benzene rings is 1. The van der Waals surface area contributed by atoms with E-state index < -0.39 is 5.82 Å². The number of hydrogen-bond donors (Lipinski definition) is 1. The van der Waals surface area contributed by atoms with Crippen LogP contribution in [-0.2, 0) is 0 Å². The average molecular weight is 334 g/mol. The van der Waals surface area contributed by atoms with E-state index >= 15 is 0 Å². The van der Waals surface area contributed by atoms with Gasteiger partial charge < -0.3 is 4.98 Å². The van der Waals surface area contributed by atoms with Gasteiger partial charge in [0.15, 0.2) is 5.82 Å². The molecule has 86 valence electrons. The van der Waals surface area contributed by atoms with E-state index in [1.54, 1.807) is 12.3 Å². The van der Waals surface area contributed by atoms with E-state index in [1.807, 2.05) is 0 Å². The quantitative estimate of drug-likeness (QED) is 0.621. The second kappa shape index (κ2) is 3.83. The Kier molecular flexibility index (Phi) is 2.54. The lowest BCUT2D eigenvalue weighted by molar-refractivity contribution is 0.641. The molecule has 3 aromatic rings. The van der Waals surface area contributed by atoms with Crippen LogP contribution >= 0.6 is 39.1 Å². The van der Waals surface area contributed by atoms with Crippen molar-refractivity contribution in [2.75, 3.05) is 0 Å². The Morgan fingerprint density at radius 2 is 2.00 bits per heavy atom. The Labute approximate surface area is 114 Å². The zero-order valence-electron chi connectivity index (χ0n) is 8.19. The Hall–Kier alpha value is -0.840. The largest absolute Gasteiger partial charge is 0.339 e. The van der Waals surface area contributed by atoms with Gasteiger partial charge in [-0.1, -0.05) is 23.2 Å². The fraction of sp³-hybridized carbons (Fsp3) is 0. The summed E-state index contributed by atoms with van der Waals surface area (Å²) >= 11 is 15.2. The molecule has 0 aliphatic heterocycles. The van der Waals surface area contributed by atoms with Gasteiger partial charge in [-0.3, -0.25) is 0 Å². The van der Waals surface area contributed by atoms with Gasteiger partial charge in [-0.05, 0) is 28.1 Å². The molecule has 0 fully saturated rings. The van der Waals surface area contributed by atoms with Crippen molar-refractivity contribution in [2.45, 2.75) is 0 Å². The second-order valence-electron chi connectivity index (χ2n) is 3.55. The summed E-state index contributed by atoms with van der Waals surface area (Å²) in [6.07, 6.45) is 1.57. The highest BCUT2D eigenvalue weighted by molar-refractivity contribution is 9.10. The molecule has 0 radical (unpaired) electrons. The molecule has 0 unspecified atom stereocenters. The molecule has 0 aliphatic rings. The minimum Gasteiger partial charge on any atom is -0.339 e. The van der Waals surface area contributed by atoms with Gasteiger partial charge >= 0.3 is 0 Å². The number of nitrogens with zero attached hydrogens (tertiary/aromatic N) is 1. The number of fused-ring (bicyclic) bond motifs is 3. The van der Waals surface area contributed by atoms with Crippen molar-refractivity contribution >= 4 is 61.1 Å². The normalized spacial score (nSPS) is 11.5. The molecule has 2 heterocycles. The number of nitrogens with one attached hydrogen (secondary N) is 1. The maximum atomic E-state index is 14.0. The summed E-state index contributed by atoms with van der Waals surface area (Å²) in [6, 6.07) is 3.20. The first kappa shape index (κ1) is 11.3. The van der Waals surface area contributed by atoms with Crippen LogP contribution < -0.4 is 0 Å². The summed E-state index contributed by atoms with van der Waals surface area (Å²) in [5.41, 5.74) is 1.16. The third-order valence-electron chi connectivity index (χ3n) is 2.57. The van der Waals surface area contributed by atoms with E-state index in [9.17, 15) is 4.39 Å². The molecule has 1 N–H and O–H groups in total. The zero-order chi connectivity index (χ0) is 12.2. The van der Waals surface area contributed by atoms with Crippen molar-refractivity contribution < 1.29 is 4.39 Å². The molecule has 0 spiro atoms. The predicted octanol–water partition coefficient (Wildman–Crippen LogP) is 4.92. The maximum absolute atomic E-state index is 14.0. The van der Waals surface area contributed by atoms with E-state index in [0.29, 0.717) is 31.4 Å². The van der Waals surface area contributed by atoms with E-state index in [-0.39, 0.29) is 5.02 Å². The number of hydrogen-bond acceptors (Lipinski definition) is 1. The van der Waals surface area contributed by atoms with Crippen molar-refractivity contribution in [3.8, 4) is 0 Å². The molecular weight excluding hydrogens is 330 g/mol. The van der Waals surface area contributed by atoms with Crippen LogP contribution in [0.2, 0.25) is 10.0 Å². The van der Waals surface area contributed by atoms with Gasteiger partial charge in [-0.15, -0.1) is 0 Å². The van der Waals surface area contributed by atoms with Crippen LogP contribution in [0, 0.1) is 5.82 Å². The van der Waals surface area contributed by atoms with Gasteiger partial charge in [0.2, 0.25) is 0 Å². The molecule has 6 heteroatoms. The first-order valence-electron chi connectivity index (χ1n) is 4.69. The maximum Gasteiger partial charge on any atom is 0.151 e. The zero-order valence-corrected chi connectivity index (χ0v) is 11.3. The van der Waals surface area contributed by atoms with Crippen molar-refractivity contribution in [1.29, 1.82) is 0 Å². The molecule has 0 saturated carbocycles. The van der Waals surface area contributed by atoms with Gasteiger partial charge in [0.1, 0.15) is 5.65 Å². The summed E-state index contributed by atoms with van der Waals surface area (Å²) in [7, 11) is 0. The minimum atomic E-state index is -0.489. The third-order valence-corrected chi connectivity index (χ3v) is 4.08. The standard InChI is InChI=1S/C11H4BrCl2FN2/c12-4-3-16-11-8(9(4)14)7-6(17-11)2-1-5(13)10(7)15/h1-3H,(H,16,17). The van der Waals surface area contributed by atoms with Gasteiger partial charge in [-0.2, -0.15) is 0 Å². The highest BCUT2D eigenvalue weighted by Gasteiger charge is 2.16. The first-order valence-corrected chi connectivity index (χ1v) is 6.24. The molecule has 0 amide bonds. The van der Waals surface area contributed by atoms with Crippen molar-refractivity contribution in [3.05, 3.63) is 38.7 Å². The van der Waals surface area contributed by atoms with Gasteiger partial charge in [0, 0.05) is 17.0 Å². The SMILES string of the molecule is Fc1c(Cl)ccc2[nH]c3ncc(Br)c(Cl)c3c12. The molecule has 0 aliphatic carbocycles. The molecule has 2 nitrogen and oxygen atoms in total. The van der Waals surface area contributed by atoms with Crippen LogP contribution in [-0.4, -0.2) is 9.97 Å². The fourth-order valence-electron chi connectivity index (χ4n) is 1.82. The number of aromatic amines is 1. The highest BCUT2D eigenvalue weighted by Crippen LogP contribution is 2.37. The average Bonchev–Trinajstić information content (AvgIpc) is 2.69. The highest BCUT2D eigenvalue weighted by atomic mass is 79.9. The van der Waals surface area contributed by atoms with Crippen LogP contribution in [0.15, 0.2) is 22.8 Å². The summed E-state index contributed by atoms with van der Waals surface area (Å²) in [5.74, 6) is -0.489. The third kappa shape index (κ3) is 1.55. The van der Waals surface area contributed by atoms with Crippen molar-refractivity contribution in [2.24, 2.45) is 0 Å². The Morgan fingerprint density at radius 1 is 1.24 bits per heavy atom. The molecule has 17 heavy (non-hydrogen) atoms. The van der Waals surface area contributed by atoms with Crippen LogP contribution in [0.4, 0.5) is 4.39 Å². The van der Waals surface area contributed by atoms with E-state index in [2.05, 4.69) is 25.9 Å². The van der Waals surface area contributed by atoms with Crippen molar-refractivity contribution in [1.82, 2.24) is 9.97 Å². The number of rotatable bonds is 0. The van der Waals surface area contributed by atoms with Crippen LogP contribution in [0.25, 0.3) is 21.9 Å². The second-order valence-corrected chi connectivity index (χ2v) is 5.19. The van der Waals surface area contributed by atoms with E-state index in [0.717, 1.165) is 0 Å². The summed E-state index contributed by atoms with van der Waals surface area (Å²) < 4.78 is 14.6. The molecule has 0 saturated heterocycles. The van der Waals surface area contributed by atoms with E-state index in [1.165, 1.54) is 6.07 Å². The smallest absolute Gasteiger partial charge is 0.151 e. The summed E-state index contributed by atoms with van der Waals surface area (Å²) in [5, 5.41) is 1.39. The predicted molar refractivity (Wildman–Crippen MR) is 71.3 cm³/mol. The molecule has 2 aromatic heterocycles. The van der Waals surface area contributed by atoms with Crippen molar-refractivity contribution in [3.63, 3.8) is 0 Å². The monoisotopic (exact) mass is 332 g/mol. The van der Waals surface area contributed by atoms with Crippen LogP contribution in [0.1, 0.15) is 0 Å². The van der Waals surface area contributed by atoms with Crippen LogP contribution in [0.3, 0.4) is 0 Å². The van der Waals surface area contributed by atoms with E-state index in [4.69, 9.17) is 23.2 Å². The van der Waals surface area contributed by atoms with Gasteiger partial charge in [0.05, 0.1) is 20.0 Å². The lowest BCUT2D eigenvalue weighted by atomic mass is 10.2. The number of aromatic nitrogens is 2. The lowest BCUT2D eigenvalue weighted by Crippen LogP contribution is -1.80. The summed E-state index contributed by atoms with van der Waals surface area (Å²) in [4.78, 5) is 7.15. The number of pyridine rings is 1. The first-order chi connectivity index (χ1) is 8.09. The Morgan fingerprint density at radius 3 is 2.76 bits per heavy atom. The fourth-order valence-corrected chi connectivity index (χ4v) is 2.51. The Bertz CT molecular complexity index is 692. The molecule has 0 bridgehead atoms. The van der Waals surface area contributed by atoms with Gasteiger partial charge in [-0.25, -0.2) is 9.37 Å². The Balaban J connectivity index is 2.65.